The topological polar surface area (TPSA) is 6.48 Å². The molecule has 2 nitrogen and oxygen atoms in total. The molecule has 0 atom stereocenters. The maximum Gasteiger partial charge on any atom is 0.264 e. The Hall–Kier alpha value is -7.66. The minimum atomic E-state index is -0.452. The standard InChI is InChI=1S/C63H45BN2S/c1-38-23-28-45(29-24-38)66-57-36-41(4)35-56-59(57)64(54-32-27-43(37-55(54)65(56)44-17-9-6-10-18-44)50-33-39(2)25-30-46(50)42-15-7-5-8-16-42)62-60(66)58-49-31-26-40(3)34-53(49)63(61(58)67-62)51-21-13-11-19-47(51)48-20-12-14-22-52(48)63/h5-37H,1-4H3. The SMILES string of the molecule is Cc1ccc(N2c3cc(C)cc4c3B(c3ccc(-c5cc(C)ccc5-c5ccccc5)cc3N4c3ccccc3)c3sc4c(c32)-c2ccc(C)cc2C42c3ccccc3-c3ccccc32)cc1. The van der Waals surface area contributed by atoms with Gasteiger partial charge in [-0.1, -0.05) is 174 Å². The molecule has 0 N–H and O–H groups in total. The molecule has 1 aromatic heterocycles. The van der Waals surface area contributed by atoms with Crippen LogP contribution in [0.3, 0.4) is 0 Å². The zero-order valence-corrected chi connectivity index (χ0v) is 38.7. The highest BCUT2D eigenvalue weighted by Gasteiger charge is 2.57. The molecule has 4 heteroatoms. The number of rotatable bonds is 4. The molecular weight excluding hydrogens is 828 g/mol. The number of hydrogen-bond acceptors (Lipinski definition) is 3. The minimum Gasteiger partial charge on any atom is -0.311 e. The van der Waals surface area contributed by atoms with Crippen LogP contribution in [-0.2, 0) is 5.41 Å². The van der Waals surface area contributed by atoms with Gasteiger partial charge in [0, 0.05) is 43.7 Å². The summed E-state index contributed by atoms with van der Waals surface area (Å²) in [5.41, 5.74) is 29.1. The predicted octanol–water partition coefficient (Wildman–Crippen LogP) is 14.7. The molecule has 0 radical (unpaired) electrons. The molecule has 316 valence electrons. The van der Waals surface area contributed by atoms with Crippen molar-refractivity contribution in [3.8, 4) is 44.5 Å². The smallest absolute Gasteiger partial charge is 0.264 e. The molecule has 0 fully saturated rings. The molecule has 9 aromatic carbocycles. The molecule has 0 bridgehead atoms. The monoisotopic (exact) mass is 872 g/mol. The zero-order valence-electron chi connectivity index (χ0n) is 37.9. The molecule has 14 rings (SSSR count). The lowest BCUT2D eigenvalue weighted by atomic mass is 9.36. The van der Waals surface area contributed by atoms with Crippen LogP contribution in [0.15, 0.2) is 200 Å². The first kappa shape index (κ1) is 38.6. The second-order valence-corrected chi connectivity index (χ2v) is 20.1. The van der Waals surface area contributed by atoms with Gasteiger partial charge in [0.15, 0.2) is 0 Å². The molecule has 0 saturated heterocycles. The van der Waals surface area contributed by atoms with Gasteiger partial charge in [-0.25, -0.2) is 0 Å². The fraction of sp³-hybridized carbons (Fsp3) is 0.0794. The Kier molecular flexibility index (Phi) is 8.17. The first-order chi connectivity index (χ1) is 32.9. The number of nitrogens with zero attached hydrogens (tertiary/aromatic N) is 2. The minimum absolute atomic E-state index is 0.00847. The summed E-state index contributed by atoms with van der Waals surface area (Å²) in [5, 5.41) is 0. The van der Waals surface area contributed by atoms with Gasteiger partial charge in [-0.3, -0.25) is 0 Å². The Morgan fingerprint density at radius 1 is 0.403 bits per heavy atom. The first-order valence-electron chi connectivity index (χ1n) is 23.5. The van der Waals surface area contributed by atoms with Gasteiger partial charge in [0.25, 0.3) is 6.71 Å². The van der Waals surface area contributed by atoms with E-state index in [0.29, 0.717) is 0 Å². The Balaban J connectivity index is 1.11. The molecular formula is C63H45BN2S. The van der Waals surface area contributed by atoms with E-state index >= 15 is 0 Å². The molecule has 67 heavy (non-hydrogen) atoms. The first-order valence-corrected chi connectivity index (χ1v) is 24.3. The fourth-order valence-corrected chi connectivity index (χ4v) is 14.0. The molecule has 10 aromatic rings. The zero-order chi connectivity index (χ0) is 44.7. The van der Waals surface area contributed by atoms with E-state index in [1.807, 2.05) is 0 Å². The Labute approximate surface area is 397 Å². The fourth-order valence-electron chi connectivity index (χ4n) is 12.3. The number of benzene rings is 9. The van der Waals surface area contributed by atoms with E-state index in [2.05, 4.69) is 249 Å². The summed E-state index contributed by atoms with van der Waals surface area (Å²) < 4.78 is 1.40. The highest BCUT2D eigenvalue weighted by Crippen LogP contribution is 2.67. The van der Waals surface area contributed by atoms with Crippen LogP contribution in [0.4, 0.5) is 34.1 Å². The number of fused-ring (bicyclic) bond motifs is 15. The summed E-state index contributed by atoms with van der Waals surface area (Å²) in [5.74, 6) is 0. The Bertz CT molecular complexity index is 3650. The number of thiophene rings is 1. The highest BCUT2D eigenvalue weighted by molar-refractivity contribution is 7.30. The molecule has 2 aliphatic carbocycles. The van der Waals surface area contributed by atoms with E-state index in [9.17, 15) is 0 Å². The van der Waals surface area contributed by atoms with E-state index in [1.54, 1.807) is 0 Å². The largest absolute Gasteiger partial charge is 0.311 e. The van der Waals surface area contributed by atoms with Crippen LogP contribution in [0, 0.1) is 27.7 Å². The van der Waals surface area contributed by atoms with Crippen molar-refractivity contribution in [2.45, 2.75) is 33.1 Å². The van der Waals surface area contributed by atoms with E-state index in [1.165, 1.54) is 132 Å². The van der Waals surface area contributed by atoms with Crippen LogP contribution < -0.4 is 25.5 Å². The Morgan fingerprint density at radius 2 is 1.00 bits per heavy atom. The molecule has 0 unspecified atom stereocenters. The maximum absolute atomic E-state index is 2.64. The van der Waals surface area contributed by atoms with Crippen molar-refractivity contribution in [2.24, 2.45) is 0 Å². The normalized spacial score (nSPS) is 14.0. The molecule has 3 heterocycles. The van der Waals surface area contributed by atoms with E-state index in [-0.39, 0.29) is 6.71 Å². The summed E-state index contributed by atoms with van der Waals surface area (Å²) >= 11 is 2.06. The van der Waals surface area contributed by atoms with E-state index in [0.717, 1.165) is 5.69 Å². The van der Waals surface area contributed by atoms with Crippen LogP contribution in [0.2, 0.25) is 0 Å². The quantitative estimate of drug-likeness (QED) is 0.163. The van der Waals surface area contributed by atoms with Crippen molar-refractivity contribution in [2.75, 3.05) is 9.80 Å². The second kappa shape index (κ2) is 14.2. The van der Waals surface area contributed by atoms with Crippen LogP contribution in [0.25, 0.3) is 44.5 Å². The van der Waals surface area contributed by atoms with Crippen molar-refractivity contribution < 1.29 is 0 Å². The highest BCUT2D eigenvalue weighted by atomic mass is 32.1. The van der Waals surface area contributed by atoms with Crippen LogP contribution in [0.1, 0.15) is 43.8 Å². The molecule has 2 aliphatic heterocycles. The molecule has 0 amide bonds. The number of para-hydroxylation sites is 1. The van der Waals surface area contributed by atoms with Crippen molar-refractivity contribution in [1.82, 2.24) is 0 Å². The van der Waals surface area contributed by atoms with Gasteiger partial charge >= 0.3 is 0 Å². The molecule has 1 spiro atoms. The second-order valence-electron chi connectivity index (χ2n) is 19.1. The van der Waals surface area contributed by atoms with Crippen molar-refractivity contribution >= 4 is 67.9 Å². The van der Waals surface area contributed by atoms with Gasteiger partial charge in [0.1, 0.15) is 0 Å². The van der Waals surface area contributed by atoms with Crippen LogP contribution in [0.5, 0.6) is 0 Å². The predicted molar refractivity (Wildman–Crippen MR) is 284 cm³/mol. The summed E-state index contributed by atoms with van der Waals surface area (Å²) in [6, 6.07) is 76.0. The summed E-state index contributed by atoms with van der Waals surface area (Å²) in [7, 11) is 0. The lowest BCUT2D eigenvalue weighted by molar-refractivity contribution is 0.810. The lowest BCUT2D eigenvalue weighted by Gasteiger charge is -2.43. The number of hydrogen-bond donors (Lipinski definition) is 0. The average molecular weight is 873 g/mol. The summed E-state index contributed by atoms with van der Waals surface area (Å²) in [6.07, 6.45) is 0. The molecule has 4 aliphatic rings. The number of anilines is 6. The summed E-state index contributed by atoms with van der Waals surface area (Å²) in [4.78, 5) is 6.63. The van der Waals surface area contributed by atoms with Crippen LogP contribution >= 0.6 is 11.3 Å². The van der Waals surface area contributed by atoms with Crippen LogP contribution in [-0.4, -0.2) is 6.71 Å². The maximum atomic E-state index is 2.64. The molecule has 0 saturated carbocycles. The van der Waals surface area contributed by atoms with Gasteiger partial charge < -0.3 is 9.80 Å². The third-order valence-electron chi connectivity index (χ3n) is 15.0. The van der Waals surface area contributed by atoms with Gasteiger partial charge in [0.2, 0.25) is 0 Å². The van der Waals surface area contributed by atoms with Gasteiger partial charge in [-0.2, -0.15) is 0 Å². The van der Waals surface area contributed by atoms with Gasteiger partial charge in [0.05, 0.1) is 11.1 Å². The van der Waals surface area contributed by atoms with Crippen molar-refractivity contribution in [3.05, 3.63) is 244 Å². The van der Waals surface area contributed by atoms with Crippen molar-refractivity contribution in [3.63, 3.8) is 0 Å². The van der Waals surface area contributed by atoms with E-state index < -0.39 is 5.41 Å². The lowest BCUT2D eigenvalue weighted by Crippen LogP contribution is -2.60. The average Bonchev–Trinajstić information content (AvgIpc) is 3.98. The third kappa shape index (κ3) is 5.28. The van der Waals surface area contributed by atoms with Crippen molar-refractivity contribution in [1.29, 1.82) is 0 Å². The summed E-state index contributed by atoms with van der Waals surface area (Å²) in [6.45, 7) is 8.93. The third-order valence-corrected chi connectivity index (χ3v) is 16.4. The van der Waals surface area contributed by atoms with E-state index in [4.69, 9.17) is 0 Å². The van der Waals surface area contributed by atoms with Gasteiger partial charge in [-0.05, 0) is 142 Å². The Morgan fingerprint density at radius 3 is 1.72 bits per heavy atom. The number of aryl methyl sites for hydroxylation is 4. The van der Waals surface area contributed by atoms with Gasteiger partial charge in [-0.15, -0.1) is 11.3 Å².